The fourth-order valence-corrected chi connectivity index (χ4v) is 1.57. The number of hydrogen-bond acceptors (Lipinski definition) is 1. The van der Waals surface area contributed by atoms with Gasteiger partial charge in [-0.3, -0.25) is 0 Å². The Bertz CT molecular complexity index is 423. The van der Waals surface area contributed by atoms with E-state index in [2.05, 4.69) is 9.55 Å². The molecule has 2 nitrogen and oxygen atoms in total. The molecule has 0 atom stereocenters. The van der Waals surface area contributed by atoms with E-state index < -0.39 is 0 Å². The molecule has 1 aromatic carbocycles. The van der Waals surface area contributed by atoms with Gasteiger partial charge in [-0.25, -0.2) is 4.98 Å². The zero-order valence-corrected chi connectivity index (χ0v) is 8.36. The van der Waals surface area contributed by atoms with E-state index in [0.29, 0.717) is 0 Å². The maximum atomic E-state index is 5.63. The summed E-state index contributed by atoms with van der Waals surface area (Å²) in [5.74, 6) is 0.993. The molecular formula is C11H11BN2. The van der Waals surface area contributed by atoms with Gasteiger partial charge in [-0.05, 0) is 26.0 Å². The summed E-state index contributed by atoms with van der Waals surface area (Å²) < 4.78 is 2.10. The lowest BCUT2D eigenvalue weighted by atomic mass is 9.96. The highest BCUT2D eigenvalue weighted by Crippen LogP contribution is 2.12. The number of hydrogen-bond donors (Lipinski definition) is 0. The van der Waals surface area contributed by atoms with Gasteiger partial charge in [-0.1, -0.05) is 17.6 Å². The highest BCUT2D eigenvalue weighted by Gasteiger charge is 2.03. The van der Waals surface area contributed by atoms with Gasteiger partial charge in [-0.15, -0.1) is 0 Å². The monoisotopic (exact) mass is 182 g/mol. The molecule has 14 heavy (non-hydrogen) atoms. The van der Waals surface area contributed by atoms with E-state index in [-0.39, 0.29) is 0 Å². The Morgan fingerprint density at radius 3 is 2.29 bits per heavy atom. The third-order valence-electron chi connectivity index (χ3n) is 2.27. The molecule has 3 heteroatoms. The van der Waals surface area contributed by atoms with E-state index in [1.54, 1.807) is 0 Å². The van der Waals surface area contributed by atoms with Crippen LogP contribution >= 0.6 is 0 Å². The largest absolute Gasteiger partial charge is 0.301 e. The van der Waals surface area contributed by atoms with Crippen molar-refractivity contribution in [3.05, 3.63) is 42.0 Å². The van der Waals surface area contributed by atoms with E-state index in [9.17, 15) is 0 Å². The van der Waals surface area contributed by atoms with Crippen molar-refractivity contribution in [2.75, 3.05) is 0 Å². The first kappa shape index (κ1) is 9.07. The topological polar surface area (TPSA) is 17.8 Å². The molecule has 68 valence electrons. The second-order valence-corrected chi connectivity index (χ2v) is 3.37. The van der Waals surface area contributed by atoms with Crippen LogP contribution in [0, 0.1) is 13.8 Å². The first-order valence-corrected chi connectivity index (χ1v) is 4.55. The van der Waals surface area contributed by atoms with Crippen LogP contribution < -0.4 is 5.46 Å². The third-order valence-corrected chi connectivity index (χ3v) is 2.27. The predicted molar refractivity (Wildman–Crippen MR) is 58.4 cm³/mol. The molecule has 0 saturated carbocycles. The standard InChI is InChI=1S/C11H11BN2/c1-8-7-13-9(2)14(8)11-5-3-10(12)4-6-11/h3-7H,1-2H3. The van der Waals surface area contributed by atoms with Crippen molar-refractivity contribution in [3.63, 3.8) is 0 Å². The molecule has 0 saturated heterocycles. The summed E-state index contributed by atoms with van der Waals surface area (Å²) in [7, 11) is 5.63. The fourth-order valence-electron chi connectivity index (χ4n) is 1.57. The Morgan fingerprint density at radius 2 is 1.79 bits per heavy atom. The zero-order chi connectivity index (χ0) is 10.1. The number of rotatable bonds is 1. The number of benzene rings is 1. The zero-order valence-electron chi connectivity index (χ0n) is 8.36. The minimum Gasteiger partial charge on any atom is -0.301 e. The molecule has 0 aliphatic carbocycles. The lowest BCUT2D eigenvalue weighted by Crippen LogP contribution is -2.04. The molecule has 2 rings (SSSR count). The van der Waals surface area contributed by atoms with Crippen LogP contribution in [-0.2, 0) is 0 Å². The van der Waals surface area contributed by atoms with Crippen LogP contribution in [0.15, 0.2) is 30.5 Å². The maximum Gasteiger partial charge on any atom is 0.113 e. The Kier molecular flexibility index (Phi) is 2.16. The molecule has 0 fully saturated rings. The van der Waals surface area contributed by atoms with Crippen LogP contribution in [0.1, 0.15) is 11.5 Å². The predicted octanol–water partition coefficient (Wildman–Crippen LogP) is 1.28. The molecule has 2 aromatic rings. The van der Waals surface area contributed by atoms with E-state index >= 15 is 0 Å². The number of nitrogens with zero attached hydrogens (tertiary/aromatic N) is 2. The lowest BCUT2D eigenvalue weighted by molar-refractivity contribution is 0.941. The molecule has 2 radical (unpaired) electrons. The molecular weight excluding hydrogens is 171 g/mol. The quantitative estimate of drug-likeness (QED) is 0.607. The third kappa shape index (κ3) is 1.46. The first-order valence-electron chi connectivity index (χ1n) is 4.55. The van der Waals surface area contributed by atoms with Gasteiger partial charge in [0.2, 0.25) is 0 Å². The average Bonchev–Trinajstić information content (AvgIpc) is 2.49. The van der Waals surface area contributed by atoms with Crippen molar-refractivity contribution in [2.24, 2.45) is 0 Å². The van der Waals surface area contributed by atoms with Gasteiger partial charge in [0.25, 0.3) is 0 Å². The van der Waals surface area contributed by atoms with Crippen molar-refractivity contribution in [1.29, 1.82) is 0 Å². The summed E-state index contributed by atoms with van der Waals surface area (Å²) in [6.07, 6.45) is 1.87. The number of aryl methyl sites for hydroxylation is 2. The minimum atomic E-state index is 0.782. The van der Waals surface area contributed by atoms with Crippen molar-refractivity contribution in [1.82, 2.24) is 9.55 Å². The summed E-state index contributed by atoms with van der Waals surface area (Å²) in [4.78, 5) is 4.25. The van der Waals surface area contributed by atoms with Crippen LogP contribution in [0.25, 0.3) is 5.69 Å². The number of imidazole rings is 1. The summed E-state index contributed by atoms with van der Waals surface area (Å²) in [6, 6.07) is 7.79. The van der Waals surface area contributed by atoms with E-state index in [4.69, 9.17) is 7.85 Å². The summed E-state index contributed by atoms with van der Waals surface area (Å²) in [5, 5.41) is 0. The van der Waals surface area contributed by atoms with Crippen LogP contribution in [0.4, 0.5) is 0 Å². The van der Waals surface area contributed by atoms with Crippen LogP contribution in [0.2, 0.25) is 0 Å². The molecule has 1 heterocycles. The Hall–Kier alpha value is -1.51. The second kappa shape index (κ2) is 3.33. The lowest BCUT2D eigenvalue weighted by Gasteiger charge is -2.07. The van der Waals surface area contributed by atoms with E-state index in [0.717, 1.165) is 22.7 Å². The molecule has 0 spiro atoms. The van der Waals surface area contributed by atoms with Gasteiger partial charge in [0, 0.05) is 17.6 Å². The molecule has 0 N–H and O–H groups in total. The van der Waals surface area contributed by atoms with Crippen molar-refractivity contribution >= 4 is 13.3 Å². The second-order valence-electron chi connectivity index (χ2n) is 3.37. The molecule has 0 aliphatic rings. The van der Waals surface area contributed by atoms with Gasteiger partial charge >= 0.3 is 0 Å². The van der Waals surface area contributed by atoms with Gasteiger partial charge < -0.3 is 4.57 Å². The Balaban J connectivity index is 2.54. The van der Waals surface area contributed by atoms with Crippen molar-refractivity contribution < 1.29 is 0 Å². The van der Waals surface area contributed by atoms with Crippen LogP contribution in [0.5, 0.6) is 0 Å². The summed E-state index contributed by atoms with van der Waals surface area (Å²) >= 11 is 0. The van der Waals surface area contributed by atoms with Crippen LogP contribution in [-0.4, -0.2) is 17.4 Å². The smallest absolute Gasteiger partial charge is 0.113 e. The minimum absolute atomic E-state index is 0.782. The van der Waals surface area contributed by atoms with Gasteiger partial charge in [-0.2, -0.15) is 0 Å². The van der Waals surface area contributed by atoms with Crippen LogP contribution in [0.3, 0.4) is 0 Å². The number of aromatic nitrogens is 2. The molecule has 0 aliphatic heterocycles. The van der Waals surface area contributed by atoms with Crippen molar-refractivity contribution in [3.8, 4) is 5.69 Å². The summed E-state index contributed by atoms with van der Waals surface area (Å²) in [5.41, 5.74) is 3.02. The molecule has 0 bridgehead atoms. The Labute approximate surface area is 85.0 Å². The normalized spacial score (nSPS) is 10.4. The molecule has 1 aromatic heterocycles. The highest BCUT2D eigenvalue weighted by molar-refractivity contribution is 6.32. The molecule has 0 unspecified atom stereocenters. The SMILES string of the molecule is [B]c1ccc(-n2c(C)cnc2C)cc1. The van der Waals surface area contributed by atoms with Crippen molar-refractivity contribution in [2.45, 2.75) is 13.8 Å². The van der Waals surface area contributed by atoms with E-state index in [1.807, 2.05) is 44.3 Å². The van der Waals surface area contributed by atoms with Gasteiger partial charge in [0.05, 0.1) is 0 Å². The fraction of sp³-hybridized carbons (Fsp3) is 0.182. The summed E-state index contributed by atoms with van der Waals surface area (Å²) in [6.45, 7) is 4.03. The Morgan fingerprint density at radius 1 is 1.14 bits per heavy atom. The van der Waals surface area contributed by atoms with Gasteiger partial charge in [0.15, 0.2) is 0 Å². The van der Waals surface area contributed by atoms with E-state index in [1.165, 1.54) is 0 Å². The molecule has 0 amide bonds. The first-order chi connectivity index (χ1) is 6.68. The average molecular weight is 182 g/mol. The maximum absolute atomic E-state index is 5.63. The van der Waals surface area contributed by atoms with Gasteiger partial charge in [0.1, 0.15) is 13.7 Å². The highest BCUT2D eigenvalue weighted by atomic mass is 15.1.